The summed E-state index contributed by atoms with van der Waals surface area (Å²) in [6.45, 7) is 6.49. The Balaban J connectivity index is 1.73. The second-order valence-electron chi connectivity index (χ2n) is 7.87. The van der Waals surface area contributed by atoms with Crippen molar-refractivity contribution in [1.29, 1.82) is 0 Å². The third-order valence-corrected chi connectivity index (χ3v) is 6.82. The van der Waals surface area contributed by atoms with Crippen molar-refractivity contribution < 1.29 is 9.53 Å². The van der Waals surface area contributed by atoms with Gasteiger partial charge in [0.05, 0.1) is 17.9 Å². The van der Waals surface area contributed by atoms with Crippen LogP contribution in [0.4, 0.5) is 11.6 Å². The van der Waals surface area contributed by atoms with Crippen molar-refractivity contribution >= 4 is 45.2 Å². The van der Waals surface area contributed by atoms with Crippen molar-refractivity contribution in [1.82, 2.24) is 14.8 Å². The molecule has 2 N–H and O–H groups in total. The normalized spacial score (nSPS) is 15.0. The molecule has 7 nitrogen and oxygen atoms in total. The highest BCUT2D eigenvalue weighted by Gasteiger charge is 2.34. The van der Waals surface area contributed by atoms with Crippen LogP contribution in [0.15, 0.2) is 69.4 Å². The molecule has 34 heavy (non-hydrogen) atoms. The second kappa shape index (κ2) is 11.1. The number of rotatable bonds is 9. The van der Waals surface area contributed by atoms with Crippen molar-refractivity contribution in [2.45, 2.75) is 44.8 Å². The van der Waals surface area contributed by atoms with E-state index in [2.05, 4.69) is 33.5 Å². The minimum absolute atomic E-state index is 0.219. The van der Waals surface area contributed by atoms with Crippen LogP contribution in [0.5, 0.6) is 5.75 Å². The lowest BCUT2D eigenvalue weighted by Crippen LogP contribution is -2.31. The fourth-order valence-electron chi connectivity index (χ4n) is 3.82. The first-order valence-corrected chi connectivity index (χ1v) is 13.2. The molecule has 0 saturated carbocycles. The number of para-hydroxylation sites is 2. The van der Waals surface area contributed by atoms with Crippen molar-refractivity contribution in [3.05, 3.63) is 69.8 Å². The highest BCUT2D eigenvalue weighted by atomic mass is 79.9. The number of fused-ring (bicyclic) bond motifs is 1. The second-order valence-corrected chi connectivity index (χ2v) is 9.85. The smallest absolute Gasteiger partial charge is 0.255 e. The van der Waals surface area contributed by atoms with Gasteiger partial charge in [-0.2, -0.15) is 4.98 Å². The third kappa shape index (κ3) is 5.31. The largest absolute Gasteiger partial charge is 0.492 e. The van der Waals surface area contributed by atoms with Crippen LogP contribution in [0.25, 0.3) is 0 Å². The fourth-order valence-corrected chi connectivity index (χ4v) is 5.15. The Labute approximate surface area is 212 Å². The molecule has 0 bridgehead atoms. The molecule has 1 amide bonds. The Kier molecular flexibility index (Phi) is 7.95. The number of benzene rings is 2. The van der Waals surface area contributed by atoms with Gasteiger partial charge in [0.1, 0.15) is 11.8 Å². The molecule has 3 aromatic rings. The van der Waals surface area contributed by atoms with E-state index in [0.29, 0.717) is 34.7 Å². The summed E-state index contributed by atoms with van der Waals surface area (Å²) < 4.78 is 8.45. The van der Waals surface area contributed by atoms with E-state index in [1.165, 1.54) is 0 Å². The number of nitrogens with zero attached hydrogens (tertiary/aromatic N) is 3. The molecule has 1 atom stereocenters. The Morgan fingerprint density at radius 1 is 1.24 bits per heavy atom. The predicted octanol–water partition coefficient (Wildman–Crippen LogP) is 6.26. The van der Waals surface area contributed by atoms with E-state index in [0.717, 1.165) is 34.3 Å². The molecule has 0 radical (unpaired) electrons. The molecule has 1 aromatic heterocycles. The first kappa shape index (κ1) is 24.3. The van der Waals surface area contributed by atoms with Crippen molar-refractivity contribution in [3.8, 4) is 5.75 Å². The van der Waals surface area contributed by atoms with E-state index in [1.807, 2.05) is 67.1 Å². The minimum atomic E-state index is -0.430. The van der Waals surface area contributed by atoms with Crippen LogP contribution in [0.1, 0.15) is 45.2 Å². The molecule has 4 rings (SSSR count). The molecule has 0 fully saturated rings. The fraction of sp³-hybridized carbons (Fsp3) is 0.320. The molecule has 2 aromatic carbocycles. The van der Waals surface area contributed by atoms with E-state index < -0.39 is 6.04 Å². The molecular formula is C25H28BrN5O2S. The summed E-state index contributed by atoms with van der Waals surface area (Å²) in [5.41, 5.74) is 2.88. The molecule has 2 heterocycles. The number of nitrogens with one attached hydrogen (secondary N) is 2. The summed E-state index contributed by atoms with van der Waals surface area (Å²) in [6.07, 6.45) is 2.22. The van der Waals surface area contributed by atoms with E-state index in [1.54, 1.807) is 11.8 Å². The summed E-state index contributed by atoms with van der Waals surface area (Å²) in [7, 11) is 0. The van der Waals surface area contributed by atoms with E-state index >= 15 is 0 Å². The van der Waals surface area contributed by atoms with E-state index in [-0.39, 0.29) is 5.91 Å². The van der Waals surface area contributed by atoms with Crippen molar-refractivity contribution in [2.75, 3.05) is 23.0 Å². The zero-order valence-corrected chi connectivity index (χ0v) is 21.9. The molecule has 1 aliphatic heterocycles. The van der Waals surface area contributed by atoms with Gasteiger partial charge in [-0.05, 0) is 50.1 Å². The van der Waals surface area contributed by atoms with Gasteiger partial charge < -0.3 is 15.4 Å². The maximum Gasteiger partial charge on any atom is 0.255 e. The standard InChI is InChI=1S/C25H28BrN5O2S/c1-4-6-14-34-25-29-24-27-16(3)21(22(31(24)30-25)17-10-9-11-18(26)15-17)23(32)28-19-12-7-8-13-20(19)33-5-2/h7-13,15,22H,4-6,14H2,1-3H3,(H,28,32)(H,27,29,30). The van der Waals surface area contributed by atoms with E-state index in [4.69, 9.17) is 14.8 Å². The van der Waals surface area contributed by atoms with Crippen LogP contribution in [-0.4, -0.2) is 33.0 Å². The van der Waals surface area contributed by atoms with Gasteiger partial charge >= 0.3 is 0 Å². The monoisotopic (exact) mass is 541 g/mol. The number of anilines is 2. The van der Waals surface area contributed by atoms with Gasteiger partial charge in [0.2, 0.25) is 11.1 Å². The quantitative estimate of drug-likeness (QED) is 0.246. The minimum Gasteiger partial charge on any atom is -0.492 e. The summed E-state index contributed by atoms with van der Waals surface area (Å²) in [6, 6.07) is 15.0. The molecule has 0 saturated heterocycles. The van der Waals surface area contributed by atoms with Crippen LogP contribution in [-0.2, 0) is 4.79 Å². The van der Waals surface area contributed by atoms with Gasteiger partial charge in [-0.25, -0.2) is 4.68 Å². The number of carbonyl (C=O) groups is 1. The summed E-state index contributed by atoms with van der Waals surface area (Å²) in [5.74, 6) is 2.00. The zero-order chi connectivity index (χ0) is 24.1. The van der Waals surface area contributed by atoms with Gasteiger partial charge in [-0.1, -0.05) is 65.3 Å². The highest BCUT2D eigenvalue weighted by Crippen LogP contribution is 2.38. The number of amides is 1. The van der Waals surface area contributed by atoms with Gasteiger partial charge in [-0.3, -0.25) is 4.79 Å². The van der Waals surface area contributed by atoms with Gasteiger partial charge in [-0.15, -0.1) is 5.10 Å². The summed E-state index contributed by atoms with van der Waals surface area (Å²) in [4.78, 5) is 18.4. The van der Waals surface area contributed by atoms with Crippen LogP contribution in [0.3, 0.4) is 0 Å². The van der Waals surface area contributed by atoms with E-state index in [9.17, 15) is 4.79 Å². The molecule has 0 spiro atoms. The molecule has 1 aliphatic rings. The molecule has 178 valence electrons. The average Bonchev–Trinajstić information content (AvgIpc) is 3.22. The molecule has 9 heteroatoms. The van der Waals surface area contributed by atoms with Crippen LogP contribution < -0.4 is 15.4 Å². The first-order valence-electron chi connectivity index (χ1n) is 11.4. The van der Waals surface area contributed by atoms with Crippen LogP contribution in [0, 0.1) is 0 Å². The maximum atomic E-state index is 13.7. The number of unbranched alkanes of at least 4 members (excludes halogenated alkanes) is 1. The number of ether oxygens (including phenoxy) is 1. The Morgan fingerprint density at radius 3 is 2.82 bits per heavy atom. The lowest BCUT2D eigenvalue weighted by Gasteiger charge is -2.29. The van der Waals surface area contributed by atoms with Crippen molar-refractivity contribution in [2.24, 2.45) is 0 Å². The number of carbonyl (C=O) groups excluding carboxylic acids is 1. The maximum absolute atomic E-state index is 13.7. The lowest BCUT2D eigenvalue weighted by molar-refractivity contribution is -0.113. The first-order chi connectivity index (χ1) is 16.5. The van der Waals surface area contributed by atoms with Crippen LogP contribution >= 0.6 is 27.7 Å². The van der Waals surface area contributed by atoms with Crippen molar-refractivity contribution in [3.63, 3.8) is 0 Å². The molecule has 0 aliphatic carbocycles. The summed E-state index contributed by atoms with van der Waals surface area (Å²) >= 11 is 5.20. The number of halogens is 1. The number of hydrogen-bond donors (Lipinski definition) is 2. The summed E-state index contributed by atoms with van der Waals surface area (Å²) in [5, 5.41) is 11.8. The van der Waals surface area contributed by atoms with Gasteiger partial charge in [0, 0.05) is 15.9 Å². The third-order valence-electron chi connectivity index (χ3n) is 5.41. The SMILES string of the molecule is CCCCSc1nc2n(n1)C(c1cccc(Br)c1)C(C(=O)Nc1ccccc1OCC)=C(C)N2. The Morgan fingerprint density at radius 2 is 2.06 bits per heavy atom. The number of aromatic nitrogens is 3. The van der Waals surface area contributed by atoms with Gasteiger partial charge in [0.25, 0.3) is 5.91 Å². The predicted molar refractivity (Wildman–Crippen MR) is 140 cm³/mol. The van der Waals surface area contributed by atoms with Gasteiger partial charge in [0.15, 0.2) is 0 Å². The van der Waals surface area contributed by atoms with Crippen LogP contribution in [0.2, 0.25) is 0 Å². The Bertz CT molecular complexity index is 1210. The highest BCUT2D eigenvalue weighted by molar-refractivity contribution is 9.10. The zero-order valence-electron chi connectivity index (χ0n) is 19.5. The number of hydrogen-bond acceptors (Lipinski definition) is 6. The average molecular weight is 543 g/mol. The topological polar surface area (TPSA) is 81.1 Å². The number of allylic oxidation sites excluding steroid dienone is 1. The number of thioether (sulfide) groups is 1. The molecular weight excluding hydrogens is 514 g/mol. The molecule has 1 unspecified atom stereocenters. The Hall–Kier alpha value is -2.78. The lowest BCUT2D eigenvalue weighted by atomic mass is 9.95.